The molecule has 0 unspecified atom stereocenters. The van der Waals surface area contributed by atoms with Crippen molar-refractivity contribution in [2.45, 2.75) is 25.2 Å². The number of thiophene rings is 1. The van der Waals surface area contributed by atoms with E-state index in [2.05, 4.69) is 11.6 Å². The van der Waals surface area contributed by atoms with E-state index in [4.69, 9.17) is 0 Å². The zero-order valence-electron chi connectivity index (χ0n) is 12.5. The molecule has 0 aromatic carbocycles. The third kappa shape index (κ3) is 3.19. The van der Waals surface area contributed by atoms with Crippen LogP contribution in [0.25, 0.3) is 10.2 Å². The van der Waals surface area contributed by atoms with Gasteiger partial charge in [-0.05, 0) is 18.4 Å². The van der Waals surface area contributed by atoms with Crippen LogP contribution < -0.4 is 10.4 Å². The number of nitrogens with zero attached hydrogens (tertiary/aromatic N) is 3. The van der Waals surface area contributed by atoms with Crippen molar-refractivity contribution in [3.05, 3.63) is 55.2 Å². The predicted octanol–water partition coefficient (Wildman–Crippen LogP) is 2.97. The van der Waals surface area contributed by atoms with Crippen molar-refractivity contribution in [2.75, 3.05) is 5.75 Å². The molecule has 0 spiro atoms. The van der Waals surface area contributed by atoms with E-state index in [1.807, 2.05) is 23.8 Å². The van der Waals surface area contributed by atoms with Gasteiger partial charge in [0, 0.05) is 29.9 Å². The Morgan fingerprint density at radius 3 is 2.87 bits per heavy atom. The Bertz CT molecular complexity index is 964. The first-order valence-electron chi connectivity index (χ1n) is 6.98. The van der Waals surface area contributed by atoms with Crippen molar-refractivity contribution in [1.82, 2.24) is 14.1 Å². The highest BCUT2D eigenvalue weighted by atomic mass is 32.2. The molecule has 0 saturated carbocycles. The molecule has 0 saturated heterocycles. The zero-order valence-corrected chi connectivity index (χ0v) is 15.0. The highest BCUT2D eigenvalue weighted by molar-refractivity contribution is 7.99. The largest absolute Gasteiger partial charge is 0.307 e. The first-order valence-corrected chi connectivity index (χ1v) is 9.73. The molecule has 0 amide bonds. The number of thiazole rings is 1. The minimum absolute atomic E-state index is 0.0312. The van der Waals surface area contributed by atoms with Gasteiger partial charge < -0.3 is 4.57 Å². The van der Waals surface area contributed by atoms with Crippen LogP contribution in [0, 0.1) is 6.92 Å². The topological polar surface area (TPSA) is 56.9 Å². The number of thioether (sulfide) groups is 1. The molecule has 3 heterocycles. The normalized spacial score (nSPS) is 11.2. The molecule has 23 heavy (non-hydrogen) atoms. The molecule has 3 rings (SSSR count). The number of aromatic nitrogens is 3. The first kappa shape index (κ1) is 16.2. The van der Waals surface area contributed by atoms with Gasteiger partial charge in [0.25, 0.3) is 5.56 Å². The number of hydrogen-bond donors (Lipinski definition) is 0. The Hall–Kier alpha value is -1.64. The minimum atomic E-state index is -0.0312. The van der Waals surface area contributed by atoms with E-state index in [9.17, 15) is 9.59 Å². The molecule has 5 nitrogen and oxygen atoms in total. The summed E-state index contributed by atoms with van der Waals surface area (Å²) < 4.78 is 4.05. The van der Waals surface area contributed by atoms with Crippen LogP contribution in [0.15, 0.2) is 44.2 Å². The van der Waals surface area contributed by atoms with Crippen LogP contribution in [0.1, 0.15) is 5.69 Å². The Kier molecular flexibility index (Phi) is 4.84. The van der Waals surface area contributed by atoms with Gasteiger partial charge in [-0.3, -0.25) is 14.2 Å². The van der Waals surface area contributed by atoms with Gasteiger partial charge in [-0.2, -0.15) is 0 Å². The SMILES string of the molecule is C=CCn1c(SCCn2c(C)csc2=O)nc2ccsc2c1=O. The van der Waals surface area contributed by atoms with Crippen LogP contribution in [-0.2, 0) is 13.1 Å². The summed E-state index contributed by atoms with van der Waals surface area (Å²) in [6, 6.07) is 1.86. The van der Waals surface area contributed by atoms with Gasteiger partial charge >= 0.3 is 4.87 Å². The van der Waals surface area contributed by atoms with E-state index >= 15 is 0 Å². The van der Waals surface area contributed by atoms with Gasteiger partial charge in [0.1, 0.15) is 4.70 Å². The number of hydrogen-bond acceptors (Lipinski definition) is 6. The minimum Gasteiger partial charge on any atom is -0.303 e. The standard InChI is InChI=1S/C15H15N3O2S3/c1-3-5-18-13(19)12-11(4-7-21-12)16-14(18)22-8-6-17-10(2)9-23-15(17)20/h3-4,7,9H,1,5-6,8H2,2H3. The van der Waals surface area contributed by atoms with Crippen LogP contribution in [0.3, 0.4) is 0 Å². The van der Waals surface area contributed by atoms with Gasteiger partial charge in [0.2, 0.25) is 0 Å². The van der Waals surface area contributed by atoms with E-state index in [1.54, 1.807) is 15.2 Å². The number of rotatable bonds is 6. The van der Waals surface area contributed by atoms with Gasteiger partial charge in [0.15, 0.2) is 5.16 Å². The molecule has 0 radical (unpaired) electrons. The number of allylic oxidation sites excluding steroid dienone is 1. The molecule has 3 aromatic heterocycles. The van der Waals surface area contributed by atoms with Crippen LogP contribution >= 0.6 is 34.4 Å². The molecule has 0 bridgehead atoms. The lowest BCUT2D eigenvalue weighted by molar-refractivity contribution is 0.669. The fourth-order valence-electron chi connectivity index (χ4n) is 2.23. The van der Waals surface area contributed by atoms with E-state index in [-0.39, 0.29) is 10.4 Å². The van der Waals surface area contributed by atoms with E-state index in [1.165, 1.54) is 34.4 Å². The lowest BCUT2D eigenvalue weighted by Gasteiger charge is -2.10. The van der Waals surface area contributed by atoms with Crippen molar-refractivity contribution in [1.29, 1.82) is 0 Å². The Morgan fingerprint density at radius 1 is 1.35 bits per heavy atom. The Morgan fingerprint density at radius 2 is 2.17 bits per heavy atom. The molecule has 8 heteroatoms. The molecule has 0 aliphatic carbocycles. The maximum Gasteiger partial charge on any atom is 0.307 e. The van der Waals surface area contributed by atoms with Gasteiger partial charge in [0.05, 0.1) is 5.52 Å². The molecule has 0 N–H and O–H groups in total. The molecule has 0 aliphatic rings. The van der Waals surface area contributed by atoms with Crippen molar-refractivity contribution in [2.24, 2.45) is 0 Å². The monoisotopic (exact) mass is 365 g/mol. The quantitative estimate of drug-likeness (QED) is 0.383. The van der Waals surface area contributed by atoms with Gasteiger partial charge in [-0.25, -0.2) is 4.98 Å². The van der Waals surface area contributed by atoms with Crippen LogP contribution in [0.4, 0.5) is 0 Å². The molecule has 0 fully saturated rings. The van der Waals surface area contributed by atoms with Crippen LogP contribution in [0.2, 0.25) is 0 Å². The smallest absolute Gasteiger partial charge is 0.303 e. The summed E-state index contributed by atoms with van der Waals surface area (Å²) in [4.78, 5) is 28.9. The van der Waals surface area contributed by atoms with E-state index in [0.29, 0.717) is 28.7 Å². The van der Waals surface area contributed by atoms with Crippen LogP contribution in [0.5, 0.6) is 0 Å². The molecular weight excluding hydrogens is 350 g/mol. The van der Waals surface area contributed by atoms with Crippen molar-refractivity contribution >= 4 is 44.7 Å². The van der Waals surface area contributed by atoms with Crippen molar-refractivity contribution < 1.29 is 0 Å². The van der Waals surface area contributed by atoms with Gasteiger partial charge in [-0.15, -0.1) is 17.9 Å². The summed E-state index contributed by atoms with van der Waals surface area (Å²) in [5, 5.41) is 4.40. The average Bonchev–Trinajstić information content (AvgIpc) is 3.12. The summed E-state index contributed by atoms with van der Waals surface area (Å²) in [6.07, 6.45) is 1.69. The van der Waals surface area contributed by atoms with E-state index < -0.39 is 0 Å². The Balaban J connectivity index is 1.87. The molecule has 0 aliphatic heterocycles. The Labute approximate surface area is 144 Å². The predicted molar refractivity (Wildman–Crippen MR) is 98.1 cm³/mol. The van der Waals surface area contributed by atoms with E-state index in [0.717, 1.165) is 11.2 Å². The lowest BCUT2D eigenvalue weighted by Crippen LogP contribution is -2.22. The molecule has 3 aromatic rings. The highest BCUT2D eigenvalue weighted by Gasteiger charge is 2.12. The summed E-state index contributed by atoms with van der Waals surface area (Å²) in [5.74, 6) is 0.677. The summed E-state index contributed by atoms with van der Waals surface area (Å²) >= 11 is 4.10. The zero-order chi connectivity index (χ0) is 16.4. The summed E-state index contributed by atoms with van der Waals surface area (Å²) in [5.41, 5.74) is 1.66. The fourth-order valence-corrected chi connectivity index (χ4v) is 4.70. The molecule has 0 atom stereocenters. The fraction of sp³-hybridized carbons (Fsp3) is 0.267. The first-order chi connectivity index (χ1) is 11.1. The lowest BCUT2D eigenvalue weighted by atomic mass is 10.4. The van der Waals surface area contributed by atoms with Crippen molar-refractivity contribution in [3.8, 4) is 0 Å². The third-order valence-corrected chi connectivity index (χ3v) is 6.09. The second-order valence-electron chi connectivity index (χ2n) is 4.88. The third-order valence-electron chi connectivity index (χ3n) is 3.37. The summed E-state index contributed by atoms with van der Waals surface area (Å²) in [7, 11) is 0. The van der Waals surface area contributed by atoms with Crippen molar-refractivity contribution in [3.63, 3.8) is 0 Å². The second kappa shape index (κ2) is 6.86. The maximum absolute atomic E-state index is 12.5. The summed E-state index contributed by atoms with van der Waals surface area (Å²) in [6.45, 7) is 6.67. The second-order valence-corrected chi connectivity index (χ2v) is 7.68. The van der Waals surface area contributed by atoms with Gasteiger partial charge in [-0.1, -0.05) is 29.2 Å². The highest BCUT2D eigenvalue weighted by Crippen LogP contribution is 2.21. The molecule has 120 valence electrons. The molecular formula is C15H15N3O2S3. The maximum atomic E-state index is 12.5. The number of fused-ring (bicyclic) bond motifs is 1. The number of aryl methyl sites for hydroxylation is 1. The van der Waals surface area contributed by atoms with Crippen LogP contribution in [-0.4, -0.2) is 19.9 Å². The average molecular weight is 366 g/mol.